The van der Waals surface area contributed by atoms with Gasteiger partial charge in [0.2, 0.25) is 0 Å². The minimum absolute atomic E-state index is 0.220. The Balaban J connectivity index is 2.88. The first-order chi connectivity index (χ1) is 7.04. The number of nitrogens with two attached hydrogens (primary N) is 1. The zero-order chi connectivity index (χ0) is 11.4. The van der Waals surface area contributed by atoms with Crippen LogP contribution < -0.4 is 5.73 Å². The molecule has 1 rings (SSSR count). The van der Waals surface area contributed by atoms with E-state index in [1.54, 1.807) is 6.07 Å². The normalized spacial score (nSPS) is 11.5. The highest BCUT2D eigenvalue weighted by atomic mass is 19.1. The molecule has 0 aliphatic rings. The third kappa shape index (κ3) is 2.68. The summed E-state index contributed by atoms with van der Waals surface area (Å²) in [6.45, 7) is 1.40. The quantitative estimate of drug-likeness (QED) is 0.589. The Kier molecular flexibility index (Phi) is 3.24. The highest BCUT2D eigenvalue weighted by Crippen LogP contribution is 2.13. The number of nitriles is 1. The molecule has 1 unspecified atom stereocenters. The van der Waals surface area contributed by atoms with Crippen LogP contribution in [0, 0.1) is 17.1 Å². The first kappa shape index (κ1) is 11.0. The van der Waals surface area contributed by atoms with Gasteiger partial charge in [-0.3, -0.25) is 0 Å². The van der Waals surface area contributed by atoms with E-state index in [1.807, 2.05) is 0 Å². The van der Waals surface area contributed by atoms with Crippen LogP contribution in [-0.2, 0) is 4.74 Å². The Morgan fingerprint density at radius 3 is 2.87 bits per heavy atom. The Morgan fingerprint density at radius 1 is 1.67 bits per heavy atom. The fraction of sp³-hybridized carbons (Fsp3) is 0.200. The van der Waals surface area contributed by atoms with Gasteiger partial charge in [0, 0.05) is 5.69 Å². The van der Waals surface area contributed by atoms with Crippen LogP contribution in [0.15, 0.2) is 18.2 Å². The summed E-state index contributed by atoms with van der Waals surface area (Å²) in [7, 11) is 0. The molecule has 0 radical (unpaired) electrons. The summed E-state index contributed by atoms with van der Waals surface area (Å²) in [6, 6.07) is 5.33. The molecular formula is C10H9FN2O2. The monoisotopic (exact) mass is 208 g/mol. The average Bonchev–Trinajstić information content (AvgIpc) is 2.17. The van der Waals surface area contributed by atoms with Crippen molar-refractivity contribution in [1.82, 2.24) is 0 Å². The van der Waals surface area contributed by atoms with E-state index < -0.39 is 17.9 Å². The molecule has 0 fully saturated rings. The smallest absolute Gasteiger partial charge is 0.342 e. The van der Waals surface area contributed by atoms with Crippen LogP contribution in [0.4, 0.5) is 10.1 Å². The Labute approximate surface area is 86.1 Å². The third-order valence-corrected chi connectivity index (χ3v) is 1.68. The molecule has 5 heteroatoms. The maximum atomic E-state index is 13.2. The van der Waals surface area contributed by atoms with E-state index >= 15 is 0 Å². The maximum absolute atomic E-state index is 13.2. The van der Waals surface area contributed by atoms with Crippen molar-refractivity contribution in [1.29, 1.82) is 5.26 Å². The molecule has 0 aliphatic heterocycles. The zero-order valence-corrected chi connectivity index (χ0v) is 8.03. The molecule has 1 aromatic rings. The van der Waals surface area contributed by atoms with Crippen LogP contribution in [0.5, 0.6) is 0 Å². The number of halogens is 1. The number of carbonyl (C=O) groups is 1. The second kappa shape index (κ2) is 4.42. The molecule has 0 bridgehead atoms. The fourth-order valence-electron chi connectivity index (χ4n) is 0.947. The van der Waals surface area contributed by atoms with Gasteiger partial charge in [-0.05, 0) is 25.1 Å². The SMILES string of the molecule is CC(C#N)OC(=O)c1ccc(N)cc1F. The summed E-state index contributed by atoms with van der Waals surface area (Å²) >= 11 is 0. The maximum Gasteiger partial charge on any atom is 0.342 e. The highest BCUT2D eigenvalue weighted by molar-refractivity contribution is 5.90. The van der Waals surface area contributed by atoms with Crippen LogP contribution in [0.1, 0.15) is 17.3 Å². The second-order valence-electron chi connectivity index (χ2n) is 2.92. The number of anilines is 1. The molecule has 1 aromatic carbocycles. The van der Waals surface area contributed by atoms with E-state index in [0.29, 0.717) is 0 Å². The molecule has 0 amide bonds. The number of esters is 1. The fourth-order valence-corrected chi connectivity index (χ4v) is 0.947. The van der Waals surface area contributed by atoms with Gasteiger partial charge in [0.05, 0.1) is 5.56 Å². The molecule has 2 N–H and O–H groups in total. The van der Waals surface area contributed by atoms with Crippen molar-refractivity contribution in [2.24, 2.45) is 0 Å². The third-order valence-electron chi connectivity index (χ3n) is 1.68. The first-order valence-corrected chi connectivity index (χ1v) is 4.20. The van der Waals surface area contributed by atoms with E-state index in [2.05, 4.69) is 4.74 Å². The van der Waals surface area contributed by atoms with E-state index in [1.165, 1.54) is 19.1 Å². The zero-order valence-electron chi connectivity index (χ0n) is 8.03. The van der Waals surface area contributed by atoms with E-state index in [9.17, 15) is 9.18 Å². The van der Waals surface area contributed by atoms with E-state index in [-0.39, 0.29) is 11.3 Å². The van der Waals surface area contributed by atoms with Crippen molar-refractivity contribution in [2.75, 3.05) is 5.73 Å². The summed E-state index contributed by atoms with van der Waals surface area (Å²) in [5.41, 5.74) is 5.30. The number of hydrogen-bond donors (Lipinski definition) is 1. The molecule has 0 aromatic heterocycles. The lowest BCUT2D eigenvalue weighted by Gasteiger charge is -2.06. The van der Waals surface area contributed by atoms with Crippen molar-refractivity contribution in [3.05, 3.63) is 29.6 Å². The van der Waals surface area contributed by atoms with Gasteiger partial charge in [-0.2, -0.15) is 5.26 Å². The molecular weight excluding hydrogens is 199 g/mol. The standard InChI is InChI=1S/C10H9FN2O2/c1-6(5-12)15-10(14)8-3-2-7(13)4-9(8)11/h2-4,6H,13H2,1H3. The molecule has 0 spiro atoms. The molecule has 4 nitrogen and oxygen atoms in total. The van der Waals surface area contributed by atoms with Crippen molar-refractivity contribution in [3.63, 3.8) is 0 Å². The van der Waals surface area contributed by atoms with Crippen molar-refractivity contribution in [2.45, 2.75) is 13.0 Å². The van der Waals surface area contributed by atoms with Gasteiger partial charge in [-0.25, -0.2) is 9.18 Å². The molecule has 0 saturated heterocycles. The second-order valence-corrected chi connectivity index (χ2v) is 2.92. The van der Waals surface area contributed by atoms with Gasteiger partial charge >= 0.3 is 5.97 Å². The van der Waals surface area contributed by atoms with Crippen LogP contribution >= 0.6 is 0 Å². The Hall–Kier alpha value is -2.09. The van der Waals surface area contributed by atoms with Gasteiger partial charge in [0.15, 0.2) is 6.10 Å². The number of hydrogen-bond acceptors (Lipinski definition) is 4. The summed E-state index contributed by atoms with van der Waals surface area (Å²) in [5.74, 6) is -1.63. The van der Waals surface area contributed by atoms with Crippen molar-refractivity contribution >= 4 is 11.7 Å². The molecule has 1 atom stereocenters. The number of ether oxygens (including phenoxy) is 1. The lowest BCUT2D eigenvalue weighted by Crippen LogP contribution is -2.14. The predicted molar refractivity (Wildman–Crippen MR) is 51.3 cm³/mol. The number of rotatable bonds is 2. The summed E-state index contributed by atoms with van der Waals surface area (Å²) < 4.78 is 17.8. The molecule has 0 aliphatic carbocycles. The molecule has 78 valence electrons. The number of benzene rings is 1. The largest absolute Gasteiger partial charge is 0.444 e. The Morgan fingerprint density at radius 2 is 2.33 bits per heavy atom. The van der Waals surface area contributed by atoms with E-state index in [4.69, 9.17) is 11.0 Å². The lowest BCUT2D eigenvalue weighted by atomic mass is 10.2. The van der Waals surface area contributed by atoms with Crippen LogP contribution in [0.25, 0.3) is 0 Å². The first-order valence-electron chi connectivity index (χ1n) is 4.20. The van der Waals surface area contributed by atoms with Crippen LogP contribution in [-0.4, -0.2) is 12.1 Å². The summed E-state index contributed by atoms with van der Waals surface area (Å²) in [5, 5.41) is 8.40. The van der Waals surface area contributed by atoms with Crippen LogP contribution in [0.2, 0.25) is 0 Å². The number of carbonyl (C=O) groups excluding carboxylic acids is 1. The lowest BCUT2D eigenvalue weighted by molar-refractivity contribution is 0.0430. The number of nitrogen functional groups attached to an aromatic ring is 1. The molecule has 0 heterocycles. The number of nitrogens with zero attached hydrogens (tertiary/aromatic N) is 1. The van der Waals surface area contributed by atoms with Gasteiger partial charge in [-0.15, -0.1) is 0 Å². The summed E-state index contributed by atoms with van der Waals surface area (Å²) in [4.78, 5) is 11.3. The minimum atomic E-state index is -0.908. The topological polar surface area (TPSA) is 76.1 Å². The van der Waals surface area contributed by atoms with Crippen molar-refractivity contribution < 1.29 is 13.9 Å². The van der Waals surface area contributed by atoms with Gasteiger partial charge in [0.1, 0.15) is 11.9 Å². The summed E-state index contributed by atoms with van der Waals surface area (Å²) in [6.07, 6.45) is -0.908. The predicted octanol–water partition coefficient (Wildman–Crippen LogP) is 1.48. The van der Waals surface area contributed by atoms with E-state index in [0.717, 1.165) is 6.07 Å². The average molecular weight is 208 g/mol. The van der Waals surface area contributed by atoms with Crippen molar-refractivity contribution in [3.8, 4) is 6.07 Å². The van der Waals surface area contributed by atoms with Gasteiger partial charge in [-0.1, -0.05) is 0 Å². The van der Waals surface area contributed by atoms with Crippen LogP contribution in [0.3, 0.4) is 0 Å². The highest BCUT2D eigenvalue weighted by Gasteiger charge is 2.15. The van der Waals surface area contributed by atoms with Gasteiger partial charge < -0.3 is 10.5 Å². The minimum Gasteiger partial charge on any atom is -0.444 e. The van der Waals surface area contributed by atoms with Gasteiger partial charge in [0.25, 0.3) is 0 Å². The molecule has 15 heavy (non-hydrogen) atoms. The Bertz CT molecular complexity index is 426. The molecule has 0 saturated carbocycles.